The maximum Gasteiger partial charge on any atom is 0.0767 e. The minimum absolute atomic E-state index is 0.389. The van der Waals surface area contributed by atoms with E-state index in [1.165, 1.54) is 42.1 Å². The highest BCUT2D eigenvalue weighted by Gasteiger charge is 2.38. The zero-order chi connectivity index (χ0) is 13.4. The first-order valence-electron chi connectivity index (χ1n) is 7.49. The van der Waals surface area contributed by atoms with E-state index in [-0.39, 0.29) is 0 Å². The lowest BCUT2D eigenvalue weighted by atomic mass is 10.0. The van der Waals surface area contributed by atoms with Crippen LogP contribution in [0.4, 0.5) is 0 Å². The third-order valence-corrected chi connectivity index (χ3v) is 6.52. The van der Waals surface area contributed by atoms with Gasteiger partial charge >= 0.3 is 0 Å². The van der Waals surface area contributed by atoms with Gasteiger partial charge in [0.05, 0.1) is 6.04 Å². The third-order valence-electron chi connectivity index (χ3n) is 4.64. The third kappa shape index (κ3) is 2.35. The molecule has 1 N–H and O–H groups in total. The molecule has 0 amide bonds. The maximum absolute atomic E-state index is 3.97. The van der Waals surface area contributed by atoms with Crippen LogP contribution in [-0.4, -0.2) is 30.1 Å². The topological polar surface area (TPSA) is 15.3 Å². The summed E-state index contributed by atoms with van der Waals surface area (Å²) in [6.07, 6.45) is 4.06. The average molecular weight is 304 g/mol. The number of nitrogens with zero attached hydrogens (tertiary/aromatic N) is 1. The fraction of sp³-hybridized carbons (Fsp3) is 0.500. The van der Waals surface area contributed by atoms with Crippen molar-refractivity contribution in [1.29, 1.82) is 0 Å². The molecule has 4 heteroatoms. The summed E-state index contributed by atoms with van der Waals surface area (Å²) in [6, 6.07) is 10.7. The molecule has 0 bridgehead atoms. The van der Waals surface area contributed by atoms with Crippen molar-refractivity contribution in [2.45, 2.75) is 37.4 Å². The van der Waals surface area contributed by atoms with E-state index in [1.54, 1.807) is 0 Å². The van der Waals surface area contributed by atoms with Gasteiger partial charge in [-0.15, -0.1) is 22.7 Å². The molecule has 0 saturated carbocycles. The summed E-state index contributed by atoms with van der Waals surface area (Å²) in [5, 5.41) is 8.35. The van der Waals surface area contributed by atoms with E-state index in [4.69, 9.17) is 0 Å². The molecule has 0 aliphatic carbocycles. The summed E-state index contributed by atoms with van der Waals surface area (Å²) in [4.78, 5) is 5.57. The molecule has 0 aromatic carbocycles. The Labute approximate surface area is 128 Å². The first kappa shape index (κ1) is 13.0. The Morgan fingerprint density at radius 2 is 1.80 bits per heavy atom. The van der Waals surface area contributed by atoms with E-state index in [1.807, 2.05) is 22.7 Å². The molecule has 2 aliphatic heterocycles. The van der Waals surface area contributed by atoms with E-state index >= 15 is 0 Å². The van der Waals surface area contributed by atoms with Crippen LogP contribution < -0.4 is 5.32 Å². The monoisotopic (exact) mass is 304 g/mol. The van der Waals surface area contributed by atoms with Crippen LogP contribution >= 0.6 is 22.7 Å². The van der Waals surface area contributed by atoms with Gasteiger partial charge in [0.15, 0.2) is 0 Å². The predicted molar refractivity (Wildman–Crippen MR) is 86.6 cm³/mol. The summed E-state index contributed by atoms with van der Waals surface area (Å²) in [6.45, 7) is 2.59. The summed E-state index contributed by atoms with van der Waals surface area (Å²) < 4.78 is 0. The predicted octanol–water partition coefficient (Wildman–Crippen LogP) is 3.73. The first-order chi connectivity index (χ1) is 9.92. The van der Waals surface area contributed by atoms with Crippen LogP contribution in [0.25, 0.3) is 0 Å². The van der Waals surface area contributed by atoms with Gasteiger partial charge in [0.2, 0.25) is 0 Å². The van der Waals surface area contributed by atoms with Crippen molar-refractivity contribution in [2.24, 2.45) is 0 Å². The number of thiophene rings is 2. The maximum atomic E-state index is 3.97. The van der Waals surface area contributed by atoms with Crippen molar-refractivity contribution in [3.63, 3.8) is 0 Å². The van der Waals surface area contributed by atoms with Gasteiger partial charge in [0.1, 0.15) is 0 Å². The minimum atomic E-state index is 0.389. The zero-order valence-corrected chi connectivity index (χ0v) is 13.1. The van der Waals surface area contributed by atoms with Crippen molar-refractivity contribution in [3.05, 3.63) is 44.8 Å². The SMILES string of the molecule is c1csc(C(NC2CCN3CCCC23)c2cccs2)c1. The number of fused-ring (bicyclic) bond motifs is 1. The van der Waals surface area contributed by atoms with Crippen molar-refractivity contribution in [3.8, 4) is 0 Å². The highest BCUT2D eigenvalue weighted by molar-refractivity contribution is 7.11. The molecule has 106 valence electrons. The molecule has 2 unspecified atom stereocenters. The Morgan fingerprint density at radius 3 is 2.45 bits per heavy atom. The molecule has 2 fully saturated rings. The Morgan fingerprint density at radius 1 is 1.05 bits per heavy atom. The summed E-state index contributed by atoms with van der Waals surface area (Å²) in [5.74, 6) is 0. The van der Waals surface area contributed by atoms with Gasteiger partial charge in [-0.3, -0.25) is 4.90 Å². The quantitative estimate of drug-likeness (QED) is 0.926. The summed E-state index contributed by atoms with van der Waals surface area (Å²) in [5.41, 5.74) is 0. The van der Waals surface area contributed by atoms with Gasteiger partial charge < -0.3 is 5.32 Å². The van der Waals surface area contributed by atoms with E-state index in [9.17, 15) is 0 Å². The lowest BCUT2D eigenvalue weighted by Crippen LogP contribution is -2.41. The van der Waals surface area contributed by atoms with E-state index in [2.05, 4.69) is 45.2 Å². The fourth-order valence-corrected chi connectivity index (χ4v) is 5.39. The second-order valence-corrected chi connectivity index (χ2v) is 7.73. The van der Waals surface area contributed by atoms with Crippen molar-refractivity contribution in [1.82, 2.24) is 10.2 Å². The summed E-state index contributed by atoms with van der Waals surface area (Å²) >= 11 is 3.74. The van der Waals surface area contributed by atoms with Crippen molar-refractivity contribution >= 4 is 22.7 Å². The number of hydrogen-bond donors (Lipinski definition) is 1. The molecule has 2 aromatic heterocycles. The van der Waals surface area contributed by atoms with Crippen LogP contribution in [0.1, 0.15) is 35.1 Å². The molecule has 0 radical (unpaired) electrons. The second kappa shape index (κ2) is 5.60. The molecule has 2 saturated heterocycles. The lowest BCUT2D eigenvalue weighted by Gasteiger charge is -2.26. The standard InChI is InChI=1S/C16H20N2S2/c1-4-13-12(7-9-18(13)8-1)17-16(14-5-2-10-19-14)15-6-3-11-20-15/h2-3,5-6,10-13,16-17H,1,4,7-9H2. The zero-order valence-electron chi connectivity index (χ0n) is 11.5. The van der Waals surface area contributed by atoms with Gasteiger partial charge in [-0.1, -0.05) is 12.1 Å². The Balaban J connectivity index is 1.57. The molecule has 4 heterocycles. The number of hydrogen-bond acceptors (Lipinski definition) is 4. The molecule has 4 rings (SSSR count). The first-order valence-corrected chi connectivity index (χ1v) is 9.24. The number of nitrogens with one attached hydrogen (secondary N) is 1. The van der Waals surface area contributed by atoms with Gasteiger partial charge in [0.25, 0.3) is 0 Å². The highest BCUT2D eigenvalue weighted by Crippen LogP contribution is 2.34. The largest absolute Gasteiger partial charge is 0.301 e. The molecule has 2 atom stereocenters. The van der Waals surface area contributed by atoms with Gasteiger partial charge in [-0.25, -0.2) is 0 Å². The van der Waals surface area contributed by atoms with Gasteiger partial charge in [-0.2, -0.15) is 0 Å². The van der Waals surface area contributed by atoms with Crippen molar-refractivity contribution < 1.29 is 0 Å². The van der Waals surface area contributed by atoms with Crippen LogP contribution in [-0.2, 0) is 0 Å². The van der Waals surface area contributed by atoms with Crippen LogP contribution in [0.5, 0.6) is 0 Å². The van der Waals surface area contributed by atoms with Crippen LogP contribution in [0, 0.1) is 0 Å². The Hall–Kier alpha value is -0.680. The van der Waals surface area contributed by atoms with Gasteiger partial charge in [0, 0.05) is 28.4 Å². The fourth-order valence-electron chi connectivity index (χ4n) is 3.71. The average Bonchev–Trinajstić information content (AvgIpc) is 3.21. The molecule has 20 heavy (non-hydrogen) atoms. The molecule has 2 aliphatic rings. The summed E-state index contributed by atoms with van der Waals surface area (Å²) in [7, 11) is 0. The van der Waals surface area contributed by atoms with Crippen molar-refractivity contribution in [2.75, 3.05) is 13.1 Å². The molecular weight excluding hydrogens is 284 g/mol. The van der Waals surface area contributed by atoms with Crippen LogP contribution in [0.3, 0.4) is 0 Å². The number of rotatable bonds is 4. The molecule has 0 spiro atoms. The van der Waals surface area contributed by atoms with E-state index < -0.39 is 0 Å². The van der Waals surface area contributed by atoms with E-state index in [0.717, 1.165) is 6.04 Å². The Kier molecular flexibility index (Phi) is 3.65. The lowest BCUT2D eigenvalue weighted by molar-refractivity contribution is 0.294. The normalized spacial score (nSPS) is 26.4. The van der Waals surface area contributed by atoms with Gasteiger partial charge in [-0.05, 0) is 48.7 Å². The molecule has 2 aromatic rings. The van der Waals surface area contributed by atoms with Crippen LogP contribution in [0.2, 0.25) is 0 Å². The molecular formula is C16H20N2S2. The smallest absolute Gasteiger partial charge is 0.0767 e. The van der Waals surface area contributed by atoms with E-state index in [0.29, 0.717) is 12.1 Å². The second-order valence-electron chi connectivity index (χ2n) is 5.77. The minimum Gasteiger partial charge on any atom is -0.301 e. The highest BCUT2D eigenvalue weighted by atomic mass is 32.1. The molecule has 2 nitrogen and oxygen atoms in total. The van der Waals surface area contributed by atoms with Crippen LogP contribution in [0.15, 0.2) is 35.0 Å². The Bertz CT molecular complexity index is 501.